The van der Waals surface area contributed by atoms with Gasteiger partial charge in [0, 0.05) is 28.1 Å². The Morgan fingerprint density at radius 3 is 2.81 bits per heavy atom. The summed E-state index contributed by atoms with van der Waals surface area (Å²) < 4.78 is 7.85. The number of rotatable bonds is 5. The first-order chi connectivity index (χ1) is 15.7. The van der Waals surface area contributed by atoms with Gasteiger partial charge in [0.25, 0.3) is 0 Å². The van der Waals surface area contributed by atoms with Gasteiger partial charge in [0.15, 0.2) is 11.5 Å². The summed E-state index contributed by atoms with van der Waals surface area (Å²) in [4.78, 5) is 13.4. The Hall–Kier alpha value is -3.78. The predicted octanol–water partition coefficient (Wildman–Crippen LogP) is 4.44. The highest BCUT2D eigenvalue weighted by atomic mass is 127. The molecular weight excluding hydrogens is 517 g/mol. The number of aromatic nitrogens is 5. The molecule has 5 aromatic rings. The number of nitriles is 1. The largest absolute Gasteiger partial charge is 0.497 e. The van der Waals surface area contributed by atoms with Crippen LogP contribution in [0.1, 0.15) is 11.1 Å². The number of nitrogens with one attached hydrogen (secondary N) is 1. The molecule has 0 bridgehead atoms. The van der Waals surface area contributed by atoms with Crippen LogP contribution in [0.3, 0.4) is 0 Å². The Morgan fingerprint density at radius 1 is 1.19 bits per heavy atom. The van der Waals surface area contributed by atoms with Gasteiger partial charge in [-0.15, -0.1) is 5.10 Å². The van der Waals surface area contributed by atoms with E-state index in [0.717, 1.165) is 26.1 Å². The second-order valence-electron chi connectivity index (χ2n) is 7.01. The van der Waals surface area contributed by atoms with Crippen LogP contribution in [0, 0.1) is 14.9 Å². The normalized spacial score (nSPS) is 10.9. The van der Waals surface area contributed by atoms with E-state index in [9.17, 15) is 5.26 Å². The van der Waals surface area contributed by atoms with Gasteiger partial charge < -0.3 is 10.1 Å². The Morgan fingerprint density at radius 2 is 2.03 bits per heavy atom. The number of benzene rings is 2. The van der Waals surface area contributed by atoms with Crippen molar-refractivity contribution in [2.24, 2.45) is 0 Å². The van der Waals surface area contributed by atoms with Gasteiger partial charge in [-0.3, -0.25) is 4.98 Å². The van der Waals surface area contributed by atoms with Crippen LogP contribution in [0.15, 0.2) is 61.2 Å². The quantitative estimate of drug-likeness (QED) is 0.334. The summed E-state index contributed by atoms with van der Waals surface area (Å²) in [6, 6.07) is 15.7. The van der Waals surface area contributed by atoms with Crippen LogP contribution < -0.4 is 10.1 Å². The number of fused-ring (bicyclic) bond motifs is 3. The molecule has 0 aliphatic heterocycles. The summed E-state index contributed by atoms with van der Waals surface area (Å²) >= 11 is 2.24. The standard InChI is InChI=1S/C23H16IN7O/c1-32-16-4-2-3-15(9-16)22-29-23-20-17(11-25)19(27-12-14-5-7-26-8-6-14)10-18(24)21(20)28-13-31(23)30-22/h2-10,13,27H,12H2,1H3. The number of methoxy groups -OCH3 is 1. The molecule has 0 aliphatic carbocycles. The van der Waals surface area contributed by atoms with Gasteiger partial charge in [-0.05, 0) is 58.5 Å². The van der Waals surface area contributed by atoms with E-state index in [0.29, 0.717) is 34.5 Å². The minimum Gasteiger partial charge on any atom is -0.497 e. The summed E-state index contributed by atoms with van der Waals surface area (Å²) in [5.41, 5.74) is 4.39. The number of anilines is 1. The first-order valence-corrected chi connectivity index (χ1v) is 10.8. The fourth-order valence-electron chi connectivity index (χ4n) is 3.51. The van der Waals surface area contributed by atoms with Crippen molar-refractivity contribution < 1.29 is 4.74 Å². The lowest BCUT2D eigenvalue weighted by atomic mass is 10.1. The molecule has 0 atom stereocenters. The van der Waals surface area contributed by atoms with E-state index in [2.05, 4.69) is 49.0 Å². The molecule has 3 aromatic heterocycles. The van der Waals surface area contributed by atoms with E-state index in [1.165, 1.54) is 0 Å². The first kappa shape index (κ1) is 20.1. The Bertz CT molecular complexity index is 1490. The van der Waals surface area contributed by atoms with Crippen LogP contribution >= 0.6 is 22.6 Å². The summed E-state index contributed by atoms with van der Waals surface area (Å²) in [7, 11) is 1.62. The van der Waals surface area contributed by atoms with Gasteiger partial charge in [0.05, 0.1) is 29.3 Å². The molecule has 0 radical (unpaired) electrons. The highest BCUT2D eigenvalue weighted by Gasteiger charge is 2.18. The molecule has 0 saturated heterocycles. The fraction of sp³-hybridized carbons (Fsp3) is 0.0870. The molecule has 2 aromatic carbocycles. The number of nitrogens with zero attached hydrogens (tertiary/aromatic N) is 6. The molecule has 0 amide bonds. The highest BCUT2D eigenvalue weighted by Crippen LogP contribution is 2.32. The van der Waals surface area contributed by atoms with Crippen molar-refractivity contribution in [3.63, 3.8) is 0 Å². The number of pyridine rings is 1. The van der Waals surface area contributed by atoms with Gasteiger partial charge in [-0.1, -0.05) is 12.1 Å². The Labute approximate surface area is 197 Å². The van der Waals surface area contributed by atoms with Crippen molar-refractivity contribution >= 4 is 44.8 Å². The van der Waals surface area contributed by atoms with Crippen LogP contribution in [0.2, 0.25) is 0 Å². The molecule has 156 valence electrons. The number of halogens is 1. The van der Waals surface area contributed by atoms with E-state index < -0.39 is 0 Å². The second-order valence-corrected chi connectivity index (χ2v) is 8.17. The Balaban J connectivity index is 1.67. The van der Waals surface area contributed by atoms with E-state index in [1.54, 1.807) is 30.3 Å². The maximum atomic E-state index is 10.1. The summed E-state index contributed by atoms with van der Waals surface area (Å²) in [6.45, 7) is 0.567. The monoisotopic (exact) mass is 533 g/mol. The van der Waals surface area contributed by atoms with Gasteiger partial charge in [-0.2, -0.15) is 5.26 Å². The molecule has 8 nitrogen and oxygen atoms in total. The number of hydrogen-bond acceptors (Lipinski definition) is 7. The molecule has 9 heteroatoms. The van der Waals surface area contributed by atoms with Crippen molar-refractivity contribution in [1.82, 2.24) is 24.6 Å². The smallest absolute Gasteiger partial charge is 0.182 e. The summed E-state index contributed by atoms with van der Waals surface area (Å²) in [6.07, 6.45) is 5.12. The van der Waals surface area contributed by atoms with E-state index in [-0.39, 0.29) is 0 Å². The highest BCUT2D eigenvalue weighted by molar-refractivity contribution is 14.1. The van der Waals surface area contributed by atoms with Gasteiger partial charge in [0.2, 0.25) is 0 Å². The zero-order chi connectivity index (χ0) is 22.1. The van der Waals surface area contributed by atoms with Crippen LogP contribution in [0.5, 0.6) is 5.75 Å². The molecule has 0 saturated carbocycles. The van der Waals surface area contributed by atoms with Crippen LogP contribution in [-0.4, -0.2) is 31.7 Å². The SMILES string of the molecule is COc1cccc(-c2nc3c4c(C#N)c(NCc5ccncc5)cc(I)c4ncn3n2)c1. The van der Waals surface area contributed by atoms with Crippen molar-refractivity contribution in [2.45, 2.75) is 6.54 Å². The van der Waals surface area contributed by atoms with Crippen molar-refractivity contribution in [1.29, 1.82) is 5.26 Å². The van der Waals surface area contributed by atoms with Gasteiger partial charge in [-0.25, -0.2) is 14.5 Å². The number of ether oxygens (including phenoxy) is 1. The molecule has 1 N–H and O–H groups in total. The molecule has 3 heterocycles. The summed E-state index contributed by atoms with van der Waals surface area (Å²) in [5, 5.41) is 18.7. The first-order valence-electron chi connectivity index (χ1n) is 9.73. The Kier molecular flexibility index (Phi) is 5.28. The predicted molar refractivity (Wildman–Crippen MR) is 129 cm³/mol. The van der Waals surface area contributed by atoms with Crippen molar-refractivity contribution in [2.75, 3.05) is 12.4 Å². The van der Waals surface area contributed by atoms with E-state index in [4.69, 9.17) is 9.72 Å². The molecule has 0 fully saturated rings. The van der Waals surface area contributed by atoms with Crippen molar-refractivity contribution in [3.05, 3.63) is 75.9 Å². The number of hydrogen-bond donors (Lipinski definition) is 1. The zero-order valence-electron chi connectivity index (χ0n) is 17.0. The van der Waals surface area contributed by atoms with Crippen LogP contribution in [-0.2, 0) is 6.54 Å². The van der Waals surface area contributed by atoms with Crippen LogP contribution in [0.4, 0.5) is 5.69 Å². The minimum atomic E-state index is 0.483. The van der Waals surface area contributed by atoms with Crippen LogP contribution in [0.25, 0.3) is 27.9 Å². The lowest BCUT2D eigenvalue weighted by molar-refractivity contribution is 0.415. The fourth-order valence-corrected chi connectivity index (χ4v) is 4.23. The topological polar surface area (TPSA) is 101 Å². The third kappa shape index (κ3) is 3.58. The van der Waals surface area contributed by atoms with Gasteiger partial charge in [0.1, 0.15) is 18.1 Å². The molecule has 0 aliphatic rings. The molecule has 0 spiro atoms. The molecule has 0 unspecified atom stereocenters. The molecule has 5 rings (SSSR count). The third-order valence-corrected chi connectivity index (χ3v) is 5.90. The van der Waals surface area contributed by atoms with E-state index in [1.807, 2.05) is 42.5 Å². The molecular formula is C23H16IN7O. The lowest BCUT2D eigenvalue weighted by Gasteiger charge is -2.12. The maximum absolute atomic E-state index is 10.1. The third-order valence-electron chi connectivity index (χ3n) is 5.08. The maximum Gasteiger partial charge on any atom is 0.182 e. The summed E-state index contributed by atoms with van der Waals surface area (Å²) in [5.74, 6) is 1.26. The second kappa shape index (κ2) is 8.39. The van der Waals surface area contributed by atoms with E-state index >= 15 is 0 Å². The average molecular weight is 533 g/mol. The molecule has 32 heavy (non-hydrogen) atoms. The lowest BCUT2D eigenvalue weighted by Crippen LogP contribution is -2.04. The van der Waals surface area contributed by atoms with Gasteiger partial charge >= 0.3 is 0 Å². The average Bonchev–Trinajstić information content (AvgIpc) is 3.28. The zero-order valence-corrected chi connectivity index (χ0v) is 19.1. The minimum absolute atomic E-state index is 0.483. The van der Waals surface area contributed by atoms with Crippen molar-refractivity contribution in [3.8, 4) is 23.2 Å².